The van der Waals surface area contributed by atoms with E-state index in [1.165, 1.54) is 0 Å². The van der Waals surface area contributed by atoms with Gasteiger partial charge >= 0.3 is 0 Å². The number of hydrazine groups is 1. The number of nitrogens with one attached hydrogen (secondary N) is 2. The van der Waals surface area contributed by atoms with Gasteiger partial charge in [0.25, 0.3) is 5.91 Å². The minimum atomic E-state index is -0.427. The molecule has 0 aliphatic rings. The van der Waals surface area contributed by atoms with E-state index in [4.69, 9.17) is 9.26 Å². The van der Waals surface area contributed by atoms with Crippen LogP contribution in [0.1, 0.15) is 34.6 Å². The Labute approximate surface area is 146 Å². The van der Waals surface area contributed by atoms with E-state index in [-0.39, 0.29) is 18.9 Å². The van der Waals surface area contributed by atoms with E-state index in [0.29, 0.717) is 17.9 Å². The van der Waals surface area contributed by atoms with Crippen molar-refractivity contribution in [2.45, 2.75) is 40.5 Å². The lowest BCUT2D eigenvalue weighted by Crippen LogP contribution is -2.43. The fraction of sp³-hybridized carbons (Fsp3) is 0.389. The molecule has 0 spiro atoms. The summed E-state index contributed by atoms with van der Waals surface area (Å²) in [4.78, 5) is 23.5. The average Bonchev–Trinajstić information content (AvgIpc) is 2.90. The smallest absolute Gasteiger partial charge is 0.276 e. The summed E-state index contributed by atoms with van der Waals surface area (Å²) in [5.74, 6) is 0.600. The van der Waals surface area contributed by atoms with Crippen molar-refractivity contribution in [1.29, 1.82) is 0 Å². The topological polar surface area (TPSA) is 93.5 Å². The highest BCUT2D eigenvalue weighted by Gasteiger charge is 2.12. The van der Waals surface area contributed by atoms with Crippen molar-refractivity contribution in [3.8, 4) is 5.75 Å². The van der Waals surface area contributed by atoms with Gasteiger partial charge in [-0.25, -0.2) is 0 Å². The summed E-state index contributed by atoms with van der Waals surface area (Å²) in [6.45, 7) is 7.44. The Morgan fingerprint density at radius 1 is 1.08 bits per heavy atom. The molecule has 134 valence electrons. The van der Waals surface area contributed by atoms with Gasteiger partial charge < -0.3 is 9.26 Å². The Kier molecular flexibility index (Phi) is 6.16. The summed E-state index contributed by atoms with van der Waals surface area (Å²) in [6.07, 6.45) is 0.725. The van der Waals surface area contributed by atoms with Crippen molar-refractivity contribution in [2.24, 2.45) is 0 Å². The molecule has 0 fully saturated rings. The lowest BCUT2D eigenvalue weighted by atomic mass is 10.1. The van der Waals surface area contributed by atoms with Crippen molar-refractivity contribution in [3.63, 3.8) is 0 Å². The quantitative estimate of drug-likeness (QED) is 0.782. The zero-order valence-corrected chi connectivity index (χ0v) is 14.9. The molecule has 0 radical (unpaired) electrons. The van der Waals surface area contributed by atoms with Crippen LogP contribution in [0.3, 0.4) is 0 Å². The third-order valence-corrected chi connectivity index (χ3v) is 3.97. The highest BCUT2D eigenvalue weighted by atomic mass is 16.5. The molecule has 2 N–H and O–H groups in total. The largest absolute Gasteiger partial charge is 0.484 e. The van der Waals surface area contributed by atoms with E-state index in [2.05, 4.69) is 16.0 Å². The zero-order chi connectivity index (χ0) is 18.4. The maximum Gasteiger partial charge on any atom is 0.276 e. The van der Waals surface area contributed by atoms with Crippen LogP contribution in [-0.2, 0) is 16.0 Å². The Bertz CT molecular complexity index is 748. The number of hydrogen-bond donors (Lipinski definition) is 2. The highest BCUT2D eigenvalue weighted by molar-refractivity contribution is 5.82. The molecule has 7 heteroatoms. The van der Waals surface area contributed by atoms with Crippen molar-refractivity contribution >= 4 is 11.8 Å². The van der Waals surface area contributed by atoms with Crippen molar-refractivity contribution in [2.75, 3.05) is 6.61 Å². The molecule has 0 bridgehead atoms. The summed E-state index contributed by atoms with van der Waals surface area (Å²) in [6, 6.07) is 5.60. The van der Waals surface area contributed by atoms with Gasteiger partial charge in [0.05, 0.1) is 5.69 Å². The first kappa shape index (κ1) is 18.5. The molecule has 0 unspecified atom stereocenters. The van der Waals surface area contributed by atoms with Gasteiger partial charge in [-0.15, -0.1) is 0 Å². The number of hydrogen-bond acceptors (Lipinski definition) is 5. The minimum Gasteiger partial charge on any atom is -0.484 e. The van der Waals surface area contributed by atoms with Crippen LogP contribution in [0, 0.1) is 27.7 Å². The molecule has 2 rings (SSSR count). The second-order valence-electron chi connectivity index (χ2n) is 5.93. The monoisotopic (exact) mass is 345 g/mol. The van der Waals surface area contributed by atoms with Gasteiger partial charge in [-0.05, 0) is 57.4 Å². The van der Waals surface area contributed by atoms with Gasteiger partial charge in [0.1, 0.15) is 11.5 Å². The van der Waals surface area contributed by atoms with E-state index in [9.17, 15) is 9.59 Å². The van der Waals surface area contributed by atoms with Gasteiger partial charge in [-0.1, -0.05) is 11.2 Å². The molecule has 0 saturated heterocycles. The van der Waals surface area contributed by atoms with E-state index in [0.717, 1.165) is 22.4 Å². The zero-order valence-electron chi connectivity index (χ0n) is 14.9. The molecule has 1 aromatic heterocycles. The molecule has 0 aliphatic heterocycles. The number of amides is 2. The van der Waals surface area contributed by atoms with Crippen LogP contribution in [0.4, 0.5) is 0 Å². The predicted octanol–water partition coefficient (Wildman–Crippen LogP) is 2.07. The third kappa shape index (κ3) is 5.34. The maximum atomic E-state index is 11.8. The van der Waals surface area contributed by atoms with Crippen molar-refractivity contribution < 1.29 is 18.8 Å². The molecule has 1 aromatic carbocycles. The Morgan fingerprint density at radius 3 is 2.44 bits per heavy atom. The SMILES string of the molecule is Cc1ccc(OCC(=O)NNC(=O)CCc2c(C)noc2C)cc1C. The number of aryl methyl sites for hydroxylation is 4. The Balaban J connectivity index is 1.70. The lowest BCUT2D eigenvalue weighted by Gasteiger charge is -2.10. The maximum absolute atomic E-state index is 11.8. The number of nitrogens with zero attached hydrogens (tertiary/aromatic N) is 1. The number of carbonyl (C=O) groups excluding carboxylic acids is 2. The lowest BCUT2D eigenvalue weighted by molar-refractivity contribution is -0.130. The molecule has 0 aliphatic carbocycles. The summed E-state index contributed by atoms with van der Waals surface area (Å²) in [7, 11) is 0. The number of rotatable bonds is 6. The molecule has 1 heterocycles. The standard InChI is InChI=1S/C18H23N3O4/c1-11-5-6-15(9-12(11)2)24-10-18(23)20-19-17(22)8-7-16-13(3)21-25-14(16)4/h5-6,9H,7-8,10H2,1-4H3,(H,19,22)(H,20,23). The van der Waals surface area contributed by atoms with Gasteiger partial charge in [0, 0.05) is 12.0 Å². The van der Waals surface area contributed by atoms with Gasteiger partial charge in [0.2, 0.25) is 5.91 Å². The van der Waals surface area contributed by atoms with E-state index < -0.39 is 5.91 Å². The molecular weight excluding hydrogens is 322 g/mol. The molecule has 7 nitrogen and oxygen atoms in total. The normalized spacial score (nSPS) is 10.4. The first-order valence-electron chi connectivity index (χ1n) is 8.06. The summed E-state index contributed by atoms with van der Waals surface area (Å²) in [5.41, 5.74) is 8.64. The number of ether oxygens (including phenoxy) is 1. The van der Waals surface area contributed by atoms with Crippen LogP contribution >= 0.6 is 0 Å². The molecular formula is C18H23N3O4. The summed E-state index contributed by atoms with van der Waals surface area (Å²) in [5, 5.41) is 3.84. The number of benzene rings is 1. The summed E-state index contributed by atoms with van der Waals surface area (Å²) < 4.78 is 10.4. The van der Waals surface area contributed by atoms with Crippen LogP contribution in [-0.4, -0.2) is 23.6 Å². The van der Waals surface area contributed by atoms with E-state index >= 15 is 0 Å². The molecule has 2 aromatic rings. The number of aromatic nitrogens is 1. The predicted molar refractivity (Wildman–Crippen MR) is 92.0 cm³/mol. The first-order valence-corrected chi connectivity index (χ1v) is 8.06. The van der Waals surface area contributed by atoms with Crippen LogP contribution in [0.2, 0.25) is 0 Å². The Morgan fingerprint density at radius 2 is 1.80 bits per heavy atom. The molecule has 25 heavy (non-hydrogen) atoms. The third-order valence-electron chi connectivity index (χ3n) is 3.97. The van der Waals surface area contributed by atoms with Gasteiger partial charge in [-0.2, -0.15) is 0 Å². The fourth-order valence-corrected chi connectivity index (χ4v) is 2.29. The fourth-order valence-electron chi connectivity index (χ4n) is 2.29. The molecule has 0 atom stereocenters. The molecule has 0 saturated carbocycles. The highest BCUT2D eigenvalue weighted by Crippen LogP contribution is 2.16. The van der Waals surface area contributed by atoms with Crippen molar-refractivity contribution in [3.05, 3.63) is 46.3 Å². The first-order chi connectivity index (χ1) is 11.9. The average molecular weight is 345 g/mol. The number of carbonyl (C=O) groups is 2. The van der Waals surface area contributed by atoms with Crippen LogP contribution in [0.15, 0.2) is 22.7 Å². The summed E-state index contributed by atoms with van der Waals surface area (Å²) >= 11 is 0. The second kappa shape index (κ2) is 8.32. The Hall–Kier alpha value is -2.83. The molecule has 2 amide bonds. The van der Waals surface area contributed by atoms with Crippen LogP contribution < -0.4 is 15.6 Å². The van der Waals surface area contributed by atoms with Crippen LogP contribution in [0.25, 0.3) is 0 Å². The van der Waals surface area contributed by atoms with Crippen molar-refractivity contribution in [1.82, 2.24) is 16.0 Å². The minimum absolute atomic E-state index is 0.174. The van der Waals surface area contributed by atoms with Gasteiger partial charge in [-0.3, -0.25) is 20.4 Å². The van der Waals surface area contributed by atoms with Gasteiger partial charge in [0.15, 0.2) is 6.61 Å². The van der Waals surface area contributed by atoms with E-state index in [1.807, 2.05) is 32.9 Å². The van der Waals surface area contributed by atoms with E-state index in [1.54, 1.807) is 13.0 Å². The second-order valence-corrected chi connectivity index (χ2v) is 5.93. The van der Waals surface area contributed by atoms with Crippen LogP contribution in [0.5, 0.6) is 5.75 Å².